The number of methoxy groups -OCH3 is 1. The zero-order chi connectivity index (χ0) is 15.8. The molecule has 0 aliphatic heterocycles. The molecule has 2 unspecified atom stereocenters. The third-order valence-electron chi connectivity index (χ3n) is 3.70. The summed E-state index contributed by atoms with van der Waals surface area (Å²) in [5.41, 5.74) is 2.28. The zero-order valence-corrected chi connectivity index (χ0v) is 13.1. The SMILES string of the molecule is COC1=CC=C(C(NC=O)OC(C)Cc2ccccc2)CC1. The van der Waals surface area contributed by atoms with Crippen LogP contribution in [0, 0.1) is 0 Å². The van der Waals surface area contributed by atoms with Crippen LogP contribution in [0.15, 0.2) is 53.8 Å². The van der Waals surface area contributed by atoms with E-state index >= 15 is 0 Å². The molecule has 2 atom stereocenters. The summed E-state index contributed by atoms with van der Waals surface area (Å²) in [6.45, 7) is 2.02. The van der Waals surface area contributed by atoms with Gasteiger partial charge in [0, 0.05) is 6.42 Å². The van der Waals surface area contributed by atoms with Crippen molar-refractivity contribution in [1.29, 1.82) is 0 Å². The molecule has 1 aromatic rings. The van der Waals surface area contributed by atoms with Crippen molar-refractivity contribution in [3.63, 3.8) is 0 Å². The predicted octanol–water partition coefficient (Wildman–Crippen LogP) is 2.96. The molecule has 0 saturated heterocycles. The molecule has 1 amide bonds. The van der Waals surface area contributed by atoms with Crippen LogP contribution in [0.25, 0.3) is 0 Å². The Morgan fingerprint density at radius 3 is 2.59 bits per heavy atom. The molecule has 1 aliphatic rings. The minimum atomic E-state index is -0.383. The van der Waals surface area contributed by atoms with Crippen LogP contribution in [0.1, 0.15) is 25.3 Å². The largest absolute Gasteiger partial charge is 0.501 e. The van der Waals surface area contributed by atoms with Crippen molar-refractivity contribution in [3.8, 4) is 0 Å². The van der Waals surface area contributed by atoms with Gasteiger partial charge in [-0.05, 0) is 37.0 Å². The van der Waals surface area contributed by atoms with E-state index in [2.05, 4.69) is 17.4 Å². The molecule has 1 aromatic carbocycles. The second-order valence-corrected chi connectivity index (χ2v) is 5.38. The number of amides is 1. The van der Waals surface area contributed by atoms with Crippen LogP contribution >= 0.6 is 0 Å². The van der Waals surface area contributed by atoms with Gasteiger partial charge in [0.2, 0.25) is 6.41 Å². The Morgan fingerprint density at radius 1 is 1.23 bits per heavy atom. The van der Waals surface area contributed by atoms with E-state index in [1.54, 1.807) is 7.11 Å². The predicted molar refractivity (Wildman–Crippen MR) is 86.1 cm³/mol. The van der Waals surface area contributed by atoms with E-state index in [9.17, 15) is 4.79 Å². The standard InChI is InChI=1S/C18H23NO3/c1-14(12-15-6-4-3-5-7-15)22-18(19-13-20)16-8-10-17(21-2)11-9-16/h3-8,10,13-14,18H,9,11-12H2,1-2H3,(H,19,20). The van der Waals surface area contributed by atoms with Crippen molar-refractivity contribution in [3.05, 3.63) is 59.4 Å². The highest BCUT2D eigenvalue weighted by atomic mass is 16.5. The molecule has 0 bridgehead atoms. The summed E-state index contributed by atoms with van der Waals surface area (Å²) in [4.78, 5) is 10.9. The highest BCUT2D eigenvalue weighted by Gasteiger charge is 2.19. The molecule has 22 heavy (non-hydrogen) atoms. The summed E-state index contributed by atoms with van der Waals surface area (Å²) in [6, 6.07) is 10.2. The van der Waals surface area contributed by atoms with Gasteiger partial charge in [0.1, 0.15) is 0 Å². The number of nitrogens with one attached hydrogen (secondary N) is 1. The molecule has 0 radical (unpaired) electrons. The number of carbonyl (C=O) groups is 1. The highest BCUT2D eigenvalue weighted by Crippen LogP contribution is 2.22. The van der Waals surface area contributed by atoms with Gasteiger partial charge in [0.05, 0.1) is 19.0 Å². The lowest BCUT2D eigenvalue weighted by atomic mass is 10.0. The molecular weight excluding hydrogens is 278 g/mol. The van der Waals surface area contributed by atoms with Gasteiger partial charge in [-0.1, -0.05) is 36.4 Å². The van der Waals surface area contributed by atoms with Crippen LogP contribution in [0.5, 0.6) is 0 Å². The summed E-state index contributed by atoms with van der Waals surface area (Å²) in [5, 5.41) is 2.76. The Balaban J connectivity index is 1.98. The molecule has 1 N–H and O–H groups in total. The summed E-state index contributed by atoms with van der Waals surface area (Å²) in [6.07, 6.45) is 6.68. The van der Waals surface area contributed by atoms with E-state index in [0.717, 1.165) is 30.6 Å². The highest BCUT2D eigenvalue weighted by molar-refractivity contribution is 5.47. The molecule has 0 heterocycles. The fraction of sp³-hybridized carbons (Fsp3) is 0.389. The average Bonchev–Trinajstić information content (AvgIpc) is 2.55. The van der Waals surface area contributed by atoms with Gasteiger partial charge < -0.3 is 14.8 Å². The van der Waals surface area contributed by atoms with Crippen molar-refractivity contribution in [2.45, 2.75) is 38.5 Å². The number of allylic oxidation sites excluding steroid dienone is 3. The second-order valence-electron chi connectivity index (χ2n) is 5.38. The van der Waals surface area contributed by atoms with E-state index in [1.165, 1.54) is 5.56 Å². The van der Waals surface area contributed by atoms with Crippen LogP contribution in [0.4, 0.5) is 0 Å². The molecule has 1 aliphatic carbocycles. The van der Waals surface area contributed by atoms with E-state index in [1.807, 2.05) is 37.3 Å². The van der Waals surface area contributed by atoms with Gasteiger partial charge in [0.25, 0.3) is 0 Å². The Bertz CT molecular complexity index is 537. The first kappa shape index (κ1) is 16.3. The number of benzene rings is 1. The molecule has 0 spiro atoms. The molecule has 4 heteroatoms. The number of rotatable bonds is 8. The normalized spacial score (nSPS) is 17.0. The molecule has 0 fully saturated rings. The van der Waals surface area contributed by atoms with Crippen LogP contribution in [-0.4, -0.2) is 25.9 Å². The lowest BCUT2D eigenvalue weighted by Gasteiger charge is -2.26. The topological polar surface area (TPSA) is 47.6 Å². The van der Waals surface area contributed by atoms with E-state index in [-0.39, 0.29) is 12.3 Å². The van der Waals surface area contributed by atoms with Gasteiger partial charge in [-0.2, -0.15) is 0 Å². The zero-order valence-electron chi connectivity index (χ0n) is 13.1. The maximum absolute atomic E-state index is 10.9. The van der Waals surface area contributed by atoms with Crippen molar-refractivity contribution in [2.75, 3.05) is 7.11 Å². The summed E-state index contributed by atoms with van der Waals surface area (Å²) >= 11 is 0. The van der Waals surface area contributed by atoms with E-state index in [0.29, 0.717) is 6.41 Å². The lowest BCUT2D eigenvalue weighted by molar-refractivity contribution is -0.113. The maximum atomic E-state index is 10.9. The first-order chi connectivity index (χ1) is 10.7. The minimum absolute atomic E-state index is 0.00792. The third-order valence-corrected chi connectivity index (χ3v) is 3.70. The smallest absolute Gasteiger partial charge is 0.209 e. The summed E-state index contributed by atoms with van der Waals surface area (Å²) in [5.74, 6) is 0.950. The Morgan fingerprint density at radius 2 is 2.00 bits per heavy atom. The van der Waals surface area contributed by atoms with Crippen molar-refractivity contribution in [2.24, 2.45) is 0 Å². The number of hydrogen-bond acceptors (Lipinski definition) is 3. The monoisotopic (exact) mass is 301 g/mol. The van der Waals surface area contributed by atoms with Gasteiger partial charge in [-0.3, -0.25) is 4.79 Å². The molecule has 2 rings (SSSR count). The first-order valence-electron chi connectivity index (χ1n) is 7.55. The molecule has 4 nitrogen and oxygen atoms in total. The van der Waals surface area contributed by atoms with Crippen LogP contribution < -0.4 is 5.32 Å². The quantitative estimate of drug-likeness (QED) is 0.593. The third kappa shape index (κ3) is 4.74. The van der Waals surface area contributed by atoms with Crippen LogP contribution in [0.2, 0.25) is 0 Å². The van der Waals surface area contributed by atoms with Crippen molar-refractivity contribution in [1.82, 2.24) is 5.32 Å². The van der Waals surface area contributed by atoms with Crippen molar-refractivity contribution < 1.29 is 14.3 Å². The van der Waals surface area contributed by atoms with Gasteiger partial charge in [0.15, 0.2) is 6.23 Å². The molecule has 118 valence electrons. The van der Waals surface area contributed by atoms with Crippen LogP contribution in [0.3, 0.4) is 0 Å². The van der Waals surface area contributed by atoms with Crippen LogP contribution in [-0.2, 0) is 20.7 Å². The Kier molecular flexibility index (Phi) is 6.22. The Hall–Kier alpha value is -2.07. The molecule has 0 aromatic heterocycles. The number of ether oxygens (including phenoxy) is 2. The van der Waals surface area contributed by atoms with Gasteiger partial charge in [-0.15, -0.1) is 0 Å². The van der Waals surface area contributed by atoms with Gasteiger partial charge in [-0.25, -0.2) is 0 Å². The summed E-state index contributed by atoms with van der Waals surface area (Å²) < 4.78 is 11.2. The molecular formula is C18H23NO3. The summed E-state index contributed by atoms with van der Waals surface area (Å²) in [7, 11) is 1.67. The van der Waals surface area contributed by atoms with E-state index < -0.39 is 0 Å². The minimum Gasteiger partial charge on any atom is -0.501 e. The number of hydrogen-bond donors (Lipinski definition) is 1. The molecule has 0 saturated carbocycles. The average molecular weight is 301 g/mol. The van der Waals surface area contributed by atoms with Gasteiger partial charge >= 0.3 is 0 Å². The number of carbonyl (C=O) groups excluding carboxylic acids is 1. The van der Waals surface area contributed by atoms with Crippen molar-refractivity contribution >= 4 is 6.41 Å². The second kappa shape index (κ2) is 8.39. The fourth-order valence-corrected chi connectivity index (χ4v) is 2.54. The first-order valence-corrected chi connectivity index (χ1v) is 7.55. The lowest BCUT2D eigenvalue weighted by Crippen LogP contribution is -2.36. The fourth-order valence-electron chi connectivity index (χ4n) is 2.54. The van der Waals surface area contributed by atoms with E-state index in [4.69, 9.17) is 9.47 Å². The Labute approximate surface area is 131 Å². The maximum Gasteiger partial charge on any atom is 0.209 e.